The highest BCUT2D eigenvalue weighted by molar-refractivity contribution is 7.88. The average molecular weight is 426 g/mol. The van der Waals surface area contributed by atoms with E-state index < -0.39 is 10.0 Å². The number of rotatable bonds is 8. The summed E-state index contributed by atoms with van der Waals surface area (Å²) >= 11 is 1.80. The SMILES string of the molecule is CS(=O)(=O)NCCCNc1nc(CN2CCOCC2)nc2sc3c(c12)CCC3. The van der Waals surface area contributed by atoms with Gasteiger partial charge in [0.1, 0.15) is 16.5 Å². The van der Waals surface area contributed by atoms with Gasteiger partial charge in [-0.3, -0.25) is 4.90 Å². The van der Waals surface area contributed by atoms with E-state index in [4.69, 9.17) is 14.7 Å². The summed E-state index contributed by atoms with van der Waals surface area (Å²) in [4.78, 5) is 14.6. The van der Waals surface area contributed by atoms with Crippen LogP contribution >= 0.6 is 11.3 Å². The van der Waals surface area contributed by atoms with Gasteiger partial charge < -0.3 is 10.1 Å². The molecule has 2 N–H and O–H groups in total. The molecular weight excluding hydrogens is 398 g/mol. The Balaban J connectivity index is 1.51. The first kappa shape index (κ1) is 20.0. The third-order valence-electron chi connectivity index (χ3n) is 5.09. The lowest BCUT2D eigenvalue weighted by Crippen LogP contribution is -2.36. The molecular formula is C18H27N5O3S2. The Labute approximate surface area is 169 Å². The van der Waals surface area contributed by atoms with Gasteiger partial charge in [0.05, 0.1) is 31.4 Å². The van der Waals surface area contributed by atoms with Gasteiger partial charge in [-0.25, -0.2) is 23.1 Å². The quantitative estimate of drug-likeness (QED) is 0.617. The standard InChI is InChI=1S/C18H27N5O3S2/c1-28(24,25)20-7-3-6-19-17-16-13-4-2-5-14(13)27-18(16)22-15(21-17)12-23-8-10-26-11-9-23/h20H,2-12H2,1H3,(H,19,21,22). The number of nitrogens with one attached hydrogen (secondary N) is 2. The zero-order chi connectivity index (χ0) is 19.6. The van der Waals surface area contributed by atoms with Crippen molar-refractivity contribution >= 4 is 37.4 Å². The Morgan fingerprint density at radius 1 is 1.18 bits per heavy atom. The molecule has 0 unspecified atom stereocenters. The van der Waals surface area contributed by atoms with Crippen molar-refractivity contribution in [3.63, 3.8) is 0 Å². The van der Waals surface area contributed by atoms with E-state index in [2.05, 4.69) is 14.9 Å². The predicted molar refractivity (Wildman–Crippen MR) is 111 cm³/mol. The number of fused-ring (bicyclic) bond motifs is 3. The Bertz CT molecular complexity index is 938. The summed E-state index contributed by atoms with van der Waals surface area (Å²) in [7, 11) is -3.14. The maximum absolute atomic E-state index is 11.2. The second kappa shape index (κ2) is 8.58. The minimum atomic E-state index is -3.14. The molecule has 10 heteroatoms. The molecule has 1 fully saturated rings. The molecule has 3 heterocycles. The van der Waals surface area contributed by atoms with Crippen LogP contribution in [0.4, 0.5) is 5.82 Å². The molecule has 0 saturated carbocycles. The maximum atomic E-state index is 11.2. The van der Waals surface area contributed by atoms with Crippen LogP contribution in [0.25, 0.3) is 10.2 Å². The molecule has 0 amide bonds. The first-order valence-corrected chi connectivity index (χ1v) is 12.5. The van der Waals surface area contributed by atoms with Gasteiger partial charge in [-0.2, -0.15) is 0 Å². The van der Waals surface area contributed by atoms with Crippen LogP contribution in [-0.4, -0.2) is 68.9 Å². The van der Waals surface area contributed by atoms with Gasteiger partial charge in [-0.1, -0.05) is 0 Å². The van der Waals surface area contributed by atoms with Crippen LogP contribution < -0.4 is 10.0 Å². The number of sulfonamides is 1. The van der Waals surface area contributed by atoms with Gasteiger partial charge in [0.15, 0.2) is 0 Å². The highest BCUT2D eigenvalue weighted by Gasteiger charge is 2.23. The third-order valence-corrected chi connectivity index (χ3v) is 7.00. The van der Waals surface area contributed by atoms with Crippen molar-refractivity contribution in [2.75, 3.05) is 51.0 Å². The summed E-state index contributed by atoms with van der Waals surface area (Å²) in [6, 6.07) is 0. The lowest BCUT2D eigenvalue weighted by atomic mass is 10.2. The van der Waals surface area contributed by atoms with E-state index in [1.165, 1.54) is 28.5 Å². The molecule has 2 aliphatic rings. The highest BCUT2D eigenvalue weighted by Crippen LogP contribution is 2.39. The van der Waals surface area contributed by atoms with Crippen LogP contribution in [0.15, 0.2) is 0 Å². The van der Waals surface area contributed by atoms with Gasteiger partial charge in [0.2, 0.25) is 10.0 Å². The van der Waals surface area contributed by atoms with Crippen LogP contribution in [0, 0.1) is 0 Å². The minimum absolute atomic E-state index is 0.419. The molecule has 0 atom stereocenters. The summed E-state index contributed by atoms with van der Waals surface area (Å²) in [5, 5.41) is 4.61. The van der Waals surface area contributed by atoms with Crippen LogP contribution in [-0.2, 0) is 34.1 Å². The van der Waals surface area contributed by atoms with Crippen LogP contribution in [0.1, 0.15) is 29.1 Å². The highest BCUT2D eigenvalue weighted by atomic mass is 32.2. The molecule has 0 spiro atoms. The zero-order valence-corrected chi connectivity index (χ0v) is 17.8. The van der Waals surface area contributed by atoms with E-state index in [0.717, 1.165) is 62.2 Å². The molecule has 0 aromatic carbocycles. The van der Waals surface area contributed by atoms with E-state index in [9.17, 15) is 8.42 Å². The van der Waals surface area contributed by atoms with E-state index in [0.29, 0.717) is 19.5 Å². The second-order valence-corrected chi connectivity index (χ2v) is 10.3. The fraction of sp³-hybridized carbons (Fsp3) is 0.667. The number of aryl methyl sites for hydroxylation is 2. The lowest BCUT2D eigenvalue weighted by Gasteiger charge is -2.25. The molecule has 1 aliphatic carbocycles. The maximum Gasteiger partial charge on any atom is 0.208 e. The number of nitrogens with zero attached hydrogens (tertiary/aromatic N) is 3. The fourth-order valence-corrected chi connectivity index (χ4v) is 5.55. The van der Waals surface area contributed by atoms with E-state index in [1.54, 1.807) is 11.3 Å². The monoisotopic (exact) mass is 425 g/mol. The number of hydrogen-bond donors (Lipinski definition) is 2. The zero-order valence-electron chi connectivity index (χ0n) is 16.2. The van der Waals surface area contributed by atoms with Crippen molar-refractivity contribution in [3.8, 4) is 0 Å². The summed E-state index contributed by atoms with van der Waals surface area (Å²) in [5.41, 5.74) is 1.40. The normalized spacial score (nSPS) is 17.9. The van der Waals surface area contributed by atoms with Gasteiger partial charge in [0.25, 0.3) is 0 Å². The molecule has 8 nitrogen and oxygen atoms in total. The largest absolute Gasteiger partial charge is 0.379 e. The van der Waals surface area contributed by atoms with E-state index in [-0.39, 0.29) is 0 Å². The van der Waals surface area contributed by atoms with Crippen molar-refractivity contribution in [2.24, 2.45) is 0 Å². The molecule has 0 bridgehead atoms. The first-order chi connectivity index (χ1) is 13.5. The van der Waals surface area contributed by atoms with Crippen molar-refractivity contribution in [1.29, 1.82) is 0 Å². The lowest BCUT2D eigenvalue weighted by molar-refractivity contribution is 0.0331. The van der Waals surface area contributed by atoms with Gasteiger partial charge in [-0.15, -0.1) is 11.3 Å². The third kappa shape index (κ3) is 4.80. The number of aromatic nitrogens is 2. The predicted octanol–water partition coefficient (Wildman–Crippen LogP) is 1.36. The Kier molecular flexibility index (Phi) is 6.12. The Morgan fingerprint density at radius 3 is 2.79 bits per heavy atom. The summed E-state index contributed by atoms with van der Waals surface area (Å²) in [6.07, 6.45) is 5.30. The minimum Gasteiger partial charge on any atom is -0.379 e. The Morgan fingerprint density at radius 2 is 2.00 bits per heavy atom. The van der Waals surface area contributed by atoms with Crippen LogP contribution in [0.2, 0.25) is 0 Å². The van der Waals surface area contributed by atoms with Crippen LogP contribution in [0.5, 0.6) is 0 Å². The van der Waals surface area contributed by atoms with E-state index in [1.807, 2.05) is 0 Å². The average Bonchev–Trinajstić information content (AvgIpc) is 3.22. The second-order valence-electron chi connectivity index (χ2n) is 7.36. The molecule has 1 aliphatic heterocycles. The van der Waals surface area contributed by atoms with Crippen molar-refractivity contribution in [1.82, 2.24) is 19.6 Å². The fourth-order valence-electron chi connectivity index (χ4n) is 3.75. The molecule has 1 saturated heterocycles. The van der Waals surface area contributed by atoms with E-state index >= 15 is 0 Å². The first-order valence-electron chi connectivity index (χ1n) is 9.79. The molecule has 28 heavy (non-hydrogen) atoms. The van der Waals surface area contributed by atoms with Gasteiger partial charge >= 0.3 is 0 Å². The molecule has 2 aromatic heterocycles. The molecule has 2 aromatic rings. The van der Waals surface area contributed by atoms with Crippen molar-refractivity contribution in [2.45, 2.75) is 32.2 Å². The summed E-state index contributed by atoms with van der Waals surface area (Å²) < 4.78 is 30.4. The number of morpholine rings is 1. The van der Waals surface area contributed by atoms with Crippen molar-refractivity contribution < 1.29 is 13.2 Å². The summed E-state index contributed by atoms with van der Waals surface area (Å²) in [5.74, 6) is 1.73. The number of ether oxygens (including phenoxy) is 1. The number of anilines is 1. The number of hydrogen-bond acceptors (Lipinski definition) is 8. The smallest absolute Gasteiger partial charge is 0.208 e. The molecule has 154 valence electrons. The Hall–Kier alpha value is -1.33. The number of thiophene rings is 1. The van der Waals surface area contributed by atoms with Crippen molar-refractivity contribution in [3.05, 3.63) is 16.3 Å². The topological polar surface area (TPSA) is 96.5 Å². The molecule has 0 radical (unpaired) electrons. The van der Waals surface area contributed by atoms with Gasteiger partial charge in [-0.05, 0) is 31.2 Å². The van der Waals surface area contributed by atoms with Gasteiger partial charge in [0, 0.05) is 31.1 Å². The molecule has 4 rings (SSSR count). The van der Waals surface area contributed by atoms with Crippen LogP contribution in [0.3, 0.4) is 0 Å². The summed E-state index contributed by atoms with van der Waals surface area (Å²) in [6.45, 7) is 5.14.